The number of hydrogen-bond donors (Lipinski definition) is 5. The maximum Gasteiger partial charge on any atom is 1.00 e. The van der Waals surface area contributed by atoms with Gasteiger partial charge >= 0.3 is 101 Å². The fourth-order valence-electron chi connectivity index (χ4n) is 0. The van der Waals surface area contributed by atoms with Gasteiger partial charge in [0.2, 0.25) is 0 Å². The van der Waals surface area contributed by atoms with E-state index in [1.165, 1.54) is 0 Å². The standard InChI is InChI=1S/2CH2O3.3Na.HO4Si/c2*2-1(3)4;;;;1-5(2,3)4/h2*(H2,2,3,4);;;;1H/q;;3*+1;-3. The van der Waals surface area contributed by atoms with Crippen molar-refractivity contribution in [2.24, 2.45) is 0 Å². The zero-order valence-electron chi connectivity index (χ0n) is 8.78. The smallest absolute Gasteiger partial charge is 0.861 e. The van der Waals surface area contributed by atoms with Gasteiger partial charge in [0.15, 0.2) is 0 Å². The summed E-state index contributed by atoms with van der Waals surface area (Å²) >= 11 is 0. The molecule has 0 aromatic carbocycles. The van der Waals surface area contributed by atoms with Crippen LogP contribution >= 0.6 is 0 Å². The van der Waals surface area contributed by atoms with E-state index in [0.717, 1.165) is 0 Å². The van der Waals surface area contributed by atoms with Crippen molar-refractivity contribution in [2.45, 2.75) is 0 Å². The Kier molecular flexibility index (Phi) is 49.2. The van der Waals surface area contributed by atoms with Crippen molar-refractivity contribution < 1.29 is 138 Å². The summed E-state index contributed by atoms with van der Waals surface area (Å²) in [6.45, 7) is 0. The maximum absolute atomic E-state index is 8.69. The van der Waals surface area contributed by atoms with Crippen LogP contribution in [0.3, 0.4) is 0 Å². The molecule has 0 amide bonds. The van der Waals surface area contributed by atoms with Crippen molar-refractivity contribution in [2.75, 3.05) is 0 Å². The average molecular weight is 286 g/mol. The molecule has 16 heavy (non-hydrogen) atoms. The van der Waals surface area contributed by atoms with Crippen molar-refractivity contribution in [1.82, 2.24) is 0 Å². The quantitative estimate of drug-likeness (QED) is 0.266. The van der Waals surface area contributed by atoms with Gasteiger partial charge in [-0.05, 0) is 0 Å². The summed E-state index contributed by atoms with van der Waals surface area (Å²) in [7, 11) is -5.36. The maximum atomic E-state index is 8.69. The van der Waals surface area contributed by atoms with E-state index in [4.69, 9.17) is 49.2 Å². The molecule has 0 aromatic heterocycles. The van der Waals surface area contributed by atoms with Gasteiger partial charge in [0.25, 0.3) is 0 Å². The zero-order valence-corrected chi connectivity index (χ0v) is 15.8. The van der Waals surface area contributed by atoms with E-state index in [1.807, 2.05) is 0 Å². The minimum absolute atomic E-state index is 0. The van der Waals surface area contributed by atoms with Crippen molar-refractivity contribution in [3.8, 4) is 0 Å². The van der Waals surface area contributed by atoms with Crippen LogP contribution in [0.5, 0.6) is 0 Å². The van der Waals surface area contributed by atoms with Crippen LogP contribution in [0.15, 0.2) is 0 Å². The molecule has 0 rings (SSSR count). The van der Waals surface area contributed by atoms with Gasteiger partial charge < -0.3 is 39.6 Å². The molecule has 0 saturated carbocycles. The number of carboxylic acid groups (broad SMARTS) is 4. The van der Waals surface area contributed by atoms with Crippen LogP contribution in [0.4, 0.5) is 9.59 Å². The van der Waals surface area contributed by atoms with Crippen LogP contribution in [0.2, 0.25) is 0 Å². The molecule has 0 unspecified atom stereocenters. The molecule has 0 aliphatic rings. The first-order valence-corrected chi connectivity index (χ1v) is 3.81. The SMILES string of the molecule is O=C(O)O.O=C(O)O.[Na+].[Na+].[Na+].[O-][Si]([O-])([O-])O. The van der Waals surface area contributed by atoms with Gasteiger partial charge in [-0.3, -0.25) is 0 Å². The number of hydrogen-bond acceptors (Lipinski definition) is 6. The van der Waals surface area contributed by atoms with E-state index < -0.39 is 21.4 Å². The minimum atomic E-state index is -5.36. The molecule has 0 aliphatic heterocycles. The van der Waals surface area contributed by atoms with Crippen LogP contribution < -0.4 is 103 Å². The molecule has 0 fully saturated rings. The van der Waals surface area contributed by atoms with Gasteiger partial charge in [-0.1, -0.05) is 0 Å². The van der Waals surface area contributed by atoms with Gasteiger partial charge in [0, 0.05) is 0 Å². The third-order valence-electron chi connectivity index (χ3n) is 0. The number of rotatable bonds is 0. The monoisotopic (exact) mass is 286 g/mol. The van der Waals surface area contributed by atoms with E-state index in [9.17, 15) is 0 Å². The molecule has 10 nitrogen and oxygen atoms in total. The first-order chi connectivity index (χ1) is 5.46. The Bertz CT molecular complexity index is 131. The second-order valence-electron chi connectivity index (χ2n) is 1.09. The number of carbonyl (C=O) groups is 2. The fraction of sp³-hybridized carbons (Fsp3) is 0. The molecule has 0 saturated heterocycles. The van der Waals surface area contributed by atoms with Crippen molar-refractivity contribution in [3.05, 3.63) is 0 Å². The Labute approximate surface area is 157 Å². The minimum Gasteiger partial charge on any atom is -0.861 e. The molecule has 14 heteroatoms. The Morgan fingerprint density at radius 3 is 0.750 bits per heavy atom. The molecule has 80 valence electrons. The predicted molar refractivity (Wildman–Crippen MR) is 29.3 cm³/mol. The molecule has 0 spiro atoms. The van der Waals surface area contributed by atoms with E-state index >= 15 is 0 Å². The summed E-state index contributed by atoms with van der Waals surface area (Å²) in [4.78, 5) is 50.2. The Morgan fingerprint density at radius 2 is 0.750 bits per heavy atom. The first kappa shape index (κ1) is 36.0. The molecule has 0 bridgehead atoms. The zero-order chi connectivity index (χ0) is 11.7. The second kappa shape index (κ2) is 21.8. The van der Waals surface area contributed by atoms with Crippen LogP contribution in [0, 0.1) is 0 Å². The van der Waals surface area contributed by atoms with Crippen LogP contribution in [-0.2, 0) is 0 Å². The van der Waals surface area contributed by atoms with Crippen LogP contribution in [0.1, 0.15) is 0 Å². The van der Waals surface area contributed by atoms with Gasteiger partial charge in [0.1, 0.15) is 0 Å². The van der Waals surface area contributed by atoms with E-state index in [-0.39, 0.29) is 88.7 Å². The average Bonchev–Trinajstić information content (AvgIpc) is 1.50. The summed E-state index contributed by atoms with van der Waals surface area (Å²) in [5.74, 6) is 0. The predicted octanol–water partition coefficient (Wildman–Crippen LogP) is -13.0. The molecule has 0 atom stereocenters. The molecule has 5 N–H and O–H groups in total. The van der Waals surface area contributed by atoms with Gasteiger partial charge in [0.05, 0.1) is 0 Å². The first-order valence-electron chi connectivity index (χ1n) is 2.14. The molecule has 0 radical (unpaired) electrons. The van der Waals surface area contributed by atoms with Crippen molar-refractivity contribution in [1.29, 1.82) is 0 Å². The topological polar surface area (TPSA) is 204 Å². The second-order valence-corrected chi connectivity index (χ2v) is 2.14. The Morgan fingerprint density at radius 1 is 0.750 bits per heavy atom. The largest absolute Gasteiger partial charge is 1.00 e. The van der Waals surface area contributed by atoms with Crippen molar-refractivity contribution in [3.63, 3.8) is 0 Å². The van der Waals surface area contributed by atoms with E-state index in [0.29, 0.717) is 0 Å². The molecule has 0 heterocycles. The normalized spacial score (nSPS) is 6.75. The van der Waals surface area contributed by atoms with Gasteiger partial charge in [-0.2, -0.15) is 0 Å². The summed E-state index contributed by atoms with van der Waals surface area (Å²) < 4.78 is 0. The van der Waals surface area contributed by atoms with Gasteiger partial charge in [-0.25, -0.2) is 9.59 Å². The summed E-state index contributed by atoms with van der Waals surface area (Å²) in [6.07, 6.45) is -3.67. The Balaban J connectivity index is -0.0000000216. The summed E-state index contributed by atoms with van der Waals surface area (Å²) in [5.41, 5.74) is 0. The summed E-state index contributed by atoms with van der Waals surface area (Å²) in [6, 6.07) is 0. The third-order valence-corrected chi connectivity index (χ3v) is 0. The fourth-order valence-corrected chi connectivity index (χ4v) is 0. The summed E-state index contributed by atoms with van der Waals surface area (Å²) in [5, 5.41) is 27.9. The van der Waals surface area contributed by atoms with E-state index in [1.54, 1.807) is 0 Å². The van der Waals surface area contributed by atoms with Crippen LogP contribution in [-0.4, -0.2) is 46.6 Å². The van der Waals surface area contributed by atoms with E-state index in [2.05, 4.69) is 0 Å². The Hall–Kier alpha value is 1.60. The molecular weight excluding hydrogens is 281 g/mol. The van der Waals surface area contributed by atoms with Crippen molar-refractivity contribution >= 4 is 21.4 Å². The molecular formula is C2H5Na3O10Si. The third kappa shape index (κ3) is 1300. The molecule has 0 aliphatic carbocycles. The molecule has 0 aromatic rings. The van der Waals surface area contributed by atoms with Gasteiger partial charge in [-0.15, -0.1) is 9.05 Å². The van der Waals surface area contributed by atoms with Crippen LogP contribution in [0.25, 0.3) is 0 Å².